The Balaban J connectivity index is 2.62. The van der Waals surface area contributed by atoms with Crippen LogP contribution in [0.3, 0.4) is 0 Å². The molecule has 0 amide bonds. The summed E-state index contributed by atoms with van der Waals surface area (Å²) in [6.45, 7) is 6.15. The van der Waals surface area contributed by atoms with Crippen LogP contribution in [0.2, 0.25) is 0 Å². The molecule has 1 rings (SSSR count). The largest absolute Gasteiger partial charge is 0.463 e. The molecule has 0 bridgehead atoms. The van der Waals surface area contributed by atoms with Gasteiger partial charge in [0.25, 0.3) is 0 Å². The highest BCUT2D eigenvalue weighted by molar-refractivity contribution is 9.11. The van der Waals surface area contributed by atoms with Gasteiger partial charge >= 0.3 is 5.97 Å². The van der Waals surface area contributed by atoms with Crippen LogP contribution in [0.4, 0.5) is 5.69 Å². The van der Waals surface area contributed by atoms with Crippen LogP contribution in [0.5, 0.6) is 0 Å². The molecule has 3 nitrogen and oxygen atoms in total. The molecule has 0 aliphatic carbocycles. The zero-order valence-electron chi connectivity index (χ0n) is 9.43. The smallest absolute Gasteiger partial charge is 0.335 e. The van der Waals surface area contributed by atoms with E-state index in [4.69, 9.17) is 4.74 Å². The van der Waals surface area contributed by atoms with Crippen molar-refractivity contribution in [2.24, 2.45) is 0 Å². The van der Waals surface area contributed by atoms with E-state index in [1.54, 1.807) is 6.92 Å². The average Bonchev–Trinajstić information content (AvgIpc) is 2.28. The van der Waals surface area contributed by atoms with Gasteiger partial charge in [-0.3, -0.25) is 0 Å². The number of ether oxygens (including phenoxy) is 1. The number of rotatable bonds is 5. The van der Waals surface area contributed by atoms with E-state index in [9.17, 15) is 4.79 Å². The molecule has 17 heavy (non-hydrogen) atoms. The second kappa shape index (κ2) is 6.81. The summed E-state index contributed by atoms with van der Waals surface area (Å²) in [5, 5.41) is 3.13. The minimum absolute atomic E-state index is 0.347. The lowest BCUT2D eigenvalue weighted by Gasteiger charge is -2.11. The number of hydrogen-bond donors (Lipinski definition) is 1. The van der Waals surface area contributed by atoms with Crippen molar-refractivity contribution in [3.05, 3.63) is 39.3 Å². The molecule has 0 heterocycles. The van der Waals surface area contributed by atoms with Crippen molar-refractivity contribution >= 4 is 43.5 Å². The summed E-state index contributed by atoms with van der Waals surface area (Å²) in [5.41, 5.74) is 1.28. The molecule has 0 radical (unpaired) electrons. The molecule has 1 aromatic carbocycles. The lowest BCUT2D eigenvalue weighted by atomic mass is 10.2. The number of nitrogens with one attached hydrogen (secondary N) is 1. The summed E-state index contributed by atoms with van der Waals surface area (Å²) >= 11 is 6.85. The maximum atomic E-state index is 11.3. The molecule has 0 aliphatic rings. The second-order valence-corrected chi connectivity index (χ2v) is 4.98. The Bertz CT molecular complexity index is 412. The fourth-order valence-corrected chi connectivity index (χ4v) is 2.45. The van der Waals surface area contributed by atoms with Gasteiger partial charge in [-0.2, -0.15) is 0 Å². The van der Waals surface area contributed by atoms with E-state index in [-0.39, 0.29) is 5.97 Å². The molecule has 1 aromatic rings. The van der Waals surface area contributed by atoms with Crippen molar-refractivity contribution in [3.63, 3.8) is 0 Å². The summed E-state index contributed by atoms with van der Waals surface area (Å²) < 4.78 is 6.69. The Hall–Kier alpha value is -0.810. The lowest BCUT2D eigenvalue weighted by molar-refractivity contribution is -0.138. The van der Waals surface area contributed by atoms with Gasteiger partial charge in [0.1, 0.15) is 0 Å². The van der Waals surface area contributed by atoms with Crippen molar-refractivity contribution in [2.45, 2.75) is 6.92 Å². The number of hydrogen-bond acceptors (Lipinski definition) is 3. The van der Waals surface area contributed by atoms with Crippen LogP contribution in [-0.2, 0) is 9.53 Å². The van der Waals surface area contributed by atoms with Crippen molar-refractivity contribution in [3.8, 4) is 0 Å². The fourth-order valence-electron chi connectivity index (χ4n) is 1.17. The van der Waals surface area contributed by atoms with E-state index in [2.05, 4.69) is 43.8 Å². The number of anilines is 1. The first-order chi connectivity index (χ1) is 8.06. The SMILES string of the molecule is C=C(CNc1c(Br)cccc1Br)C(=O)OCC. The number of para-hydroxylation sites is 1. The van der Waals surface area contributed by atoms with Crippen LogP contribution in [0.1, 0.15) is 6.92 Å². The Morgan fingerprint density at radius 2 is 2.00 bits per heavy atom. The molecule has 5 heteroatoms. The normalized spacial score (nSPS) is 9.82. The molecule has 0 saturated carbocycles. The van der Waals surface area contributed by atoms with E-state index in [0.29, 0.717) is 18.7 Å². The van der Waals surface area contributed by atoms with Crippen molar-refractivity contribution < 1.29 is 9.53 Å². The highest BCUT2D eigenvalue weighted by Gasteiger charge is 2.09. The number of benzene rings is 1. The lowest BCUT2D eigenvalue weighted by Crippen LogP contribution is -2.15. The first kappa shape index (κ1) is 14.3. The van der Waals surface area contributed by atoms with E-state index < -0.39 is 0 Å². The van der Waals surface area contributed by atoms with E-state index in [1.165, 1.54) is 0 Å². The summed E-state index contributed by atoms with van der Waals surface area (Å²) in [7, 11) is 0. The predicted octanol–water partition coefficient (Wildman–Crippen LogP) is 3.74. The minimum atomic E-state index is -0.372. The maximum Gasteiger partial charge on any atom is 0.335 e. The number of halogens is 2. The molecular weight excluding hydrogens is 350 g/mol. The third-order valence-corrected chi connectivity index (χ3v) is 3.33. The molecule has 1 N–H and O–H groups in total. The highest BCUT2D eigenvalue weighted by Crippen LogP contribution is 2.30. The third kappa shape index (κ3) is 4.16. The molecular formula is C12H13Br2NO2. The summed E-state index contributed by atoms with van der Waals surface area (Å²) in [5.74, 6) is -0.372. The molecule has 0 spiro atoms. The zero-order chi connectivity index (χ0) is 12.8. The molecule has 0 saturated heterocycles. The van der Waals surface area contributed by atoms with Crippen LogP contribution in [0.25, 0.3) is 0 Å². The summed E-state index contributed by atoms with van der Waals surface area (Å²) in [6.07, 6.45) is 0. The van der Waals surface area contributed by atoms with Crippen molar-refractivity contribution in [1.82, 2.24) is 0 Å². The molecule has 0 fully saturated rings. The summed E-state index contributed by atoms with van der Waals surface area (Å²) in [6, 6.07) is 5.75. The van der Waals surface area contributed by atoms with Gasteiger partial charge in [-0.05, 0) is 50.9 Å². The van der Waals surface area contributed by atoms with E-state index in [0.717, 1.165) is 14.6 Å². The summed E-state index contributed by atoms with van der Waals surface area (Å²) in [4.78, 5) is 11.3. The Labute approximate surface area is 117 Å². The number of carbonyl (C=O) groups excluding carboxylic acids is 1. The second-order valence-electron chi connectivity index (χ2n) is 3.27. The average molecular weight is 363 g/mol. The van der Waals surface area contributed by atoms with Crippen LogP contribution in [-0.4, -0.2) is 19.1 Å². The van der Waals surface area contributed by atoms with E-state index >= 15 is 0 Å². The number of carbonyl (C=O) groups is 1. The predicted molar refractivity (Wildman–Crippen MR) is 76.1 cm³/mol. The molecule has 0 aliphatic heterocycles. The highest BCUT2D eigenvalue weighted by atomic mass is 79.9. The fraction of sp³-hybridized carbons (Fsp3) is 0.250. The third-order valence-electron chi connectivity index (χ3n) is 2.01. The van der Waals surface area contributed by atoms with Crippen molar-refractivity contribution in [2.75, 3.05) is 18.5 Å². The molecule has 0 aromatic heterocycles. The van der Waals surface area contributed by atoms with Crippen LogP contribution in [0, 0.1) is 0 Å². The molecule has 0 unspecified atom stereocenters. The van der Waals surface area contributed by atoms with Gasteiger partial charge in [0.05, 0.1) is 12.3 Å². The topological polar surface area (TPSA) is 38.3 Å². The van der Waals surface area contributed by atoms with Crippen LogP contribution >= 0.6 is 31.9 Å². The van der Waals surface area contributed by atoms with Gasteiger partial charge in [0, 0.05) is 21.1 Å². The van der Waals surface area contributed by atoms with Crippen molar-refractivity contribution in [1.29, 1.82) is 0 Å². The zero-order valence-corrected chi connectivity index (χ0v) is 12.6. The van der Waals surface area contributed by atoms with Gasteiger partial charge in [-0.15, -0.1) is 0 Å². The first-order valence-electron chi connectivity index (χ1n) is 5.09. The standard InChI is InChI=1S/C12H13Br2NO2/c1-3-17-12(16)8(2)7-15-11-9(13)5-4-6-10(11)14/h4-6,15H,2-3,7H2,1H3. The van der Waals surface area contributed by atoms with Gasteiger partial charge in [0.15, 0.2) is 0 Å². The first-order valence-corrected chi connectivity index (χ1v) is 6.67. The molecule has 92 valence electrons. The Morgan fingerprint density at radius 3 is 2.53 bits per heavy atom. The van der Waals surface area contributed by atoms with Gasteiger partial charge in [0.2, 0.25) is 0 Å². The van der Waals surface area contributed by atoms with Crippen LogP contribution in [0.15, 0.2) is 39.3 Å². The van der Waals surface area contributed by atoms with Gasteiger partial charge < -0.3 is 10.1 Å². The Morgan fingerprint density at radius 1 is 1.41 bits per heavy atom. The Kier molecular flexibility index (Phi) is 5.71. The van der Waals surface area contributed by atoms with E-state index in [1.807, 2.05) is 18.2 Å². The van der Waals surface area contributed by atoms with Crippen LogP contribution < -0.4 is 5.32 Å². The maximum absolute atomic E-state index is 11.3. The quantitative estimate of drug-likeness (QED) is 0.640. The minimum Gasteiger partial charge on any atom is -0.463 e. The molecule has 0 atom stereocenters. The van der Waals surface area contributed by atoms with Gasteiger partial charge in [-0.25, -0.2) is 4.79 Å². The monoisotopic (exact) mass is 361 g/mol. The number of esters is 1. The van der Waals surface area contributed by atoms with Gasteiger partial charge in [-0.1, -0.05) is 12.6 Å².